The number of carbonyl (C=O) groups excluding carboxylic acids is 1. The molecule has 1 amide bonds. The van der Waals surface area contributed by atoms with Crippen molar-refractivity contribution in [1.82, 2.24) is 5.32 Å². The highest BCUT2D eigenvalue weighted by molar-refractivity contribution is 5.97. The summed E-state index contributed by atoms with van der Waals surface area (Å²) in [4.78, 5) is 33.4. The van der Waals surface area contributed by atoms with Crippen molar-refractivity contribution in [3.63, 3.8) is 0 Å². The number of amides is 1. The number of hydrogen-bond acceptors (Lipinski definition) is 5. The fourth-order valence-electron chi connectivity index (χ4n) is 2.01. The van der Waals surface area contributed by atoms with E-state index in [9.17, 15) is 19.7 Å². The predicted octanol–water partition coefficient (Wildman–Crippen LogP) is 1.20. The first-order valence-corrected chi connectivity index (χ1v) is 6.30. The highest BCUT2D eigenvalue weighted by atomic mass is 16.6. The first-order chi connectivity index (χ1) is 9.93. The summed E-state index contributed by atoms with van der Waals surface area (Å²) >= 11 is 0. The van der Waals surface area contributed by atoms with Crippen LogP contribution in [0.2, 0.25) is 0 Å². The second kappa shape index (κ2) is 5.78. The monoisotopic (exact) mass is 294 g/mol. The third-order valence-corrected chi connectivity index (χ3v) is 3.28. The van der Waals surface area contributed by atoms with Crippen molar-refractivity contribution in [2.75, 3.05) is 7.11 Å². The molecule has 0 saturated heterocycles. The van der Waals surface area contributed by atoms with Gasteiger partial charge in [-0.25, -0.2) is 4.79 Å². The molecule has 8 nitrogen and oxygen atoms in total. The molecule has 0 heterocycles. The third kappa shape index (κ3) is 3.28. The minimum absolute atomic E-state index is 0.0226. The molecular weight excluding hydrogens is 280 g/mol. The molecule has 0 aromatic heterocycles. The van der Waals surface area contributed by atoms with Crippen LogP contribution in [0.4, 0.5) is 5.69 Å². The Balaban J connectivity index is 2.20. The van der Waals surface area contributed by atoms with Crippen LogP contribution in [0, 0.1) is 16.0 Å². The molecule has 0 spiro atoms. The molecular formula is C13H14N2O6. The molecule has 21 heavy (non-hydrogen) atoms. The zero-order chi connectivity index (χ0) is 15.6. The number of nitro groups is 1. The van der Waals surface area contributed by atoms with Gasteiger partial charge in [0, 0.05) is 11.6 Å². The van der Waals surface area contributed by atoms with Gasteiger partial charge in [-0.2, -0.15) is 0 Å². The molecule has 1 saturated carbocycles. The fourth-order valence-corrected chi connectivity index (χ4v) is 2.01. The Kier molecular flexibility index (Phi) is 4.06. The largest absolute Gasteiger partial charge is 0.490 e. The van der Waals surface area contributed by atoms with Gasteiger partial charge in [0.15, 0.2) is 5.75 Å². The standard InChI is InChI=1S/C13H14N2O6/c1-21-10-5-4-8(6-9(10)15(19)20)12(16)14-11(13(17)18)7-2-3-7/h4-7,11H,2-3H2,1H3,(H,14,16)(H,17,18). The molecule has 1 aliphatic rings. The van der Waals surface area contributed by atoms with Crippen molar-refractivity contribution >= 4 is 17.6 Å². The van der Waals surface area contributed by atoms with E-state index >= 15 is 0 Å². The number of carboxylic acids is 1. The van der Waals surface area contributed by atoms with Crippen molar-refractivity contribution < 1.29 is 24.4 Å². The van der Waals surface area contributed by atoms with Crippen LogP contribution >= 0.6 is 0 Å². The second-order valence-corrected chi connectivity index (χ2v) is 4.77. The summed E-state index contributed by atoms with van der Waals surface area (Å²) in [5.74, 6) is -1.79. The minimum Gasteiger partial charge on any atom is -0.490 e. The average molecular weight is 294 g/mol. The van der Waals surface area contributed by atoms with Gasteiger partial charge in [-0.1, -0.05) is 0 Å². The molecule has 1 aromatic carbocycles. The smallest absolute Gasteiger partial charge is 0.326 e. The lowest BCUT2D eigenvalue weighted by atomic mass is 10.1. The lowest BCUT2D eigenvalue weighted by Gasteiger charge is -2.13. The Morgan fingerprint density at radius 2 is 2.14 bits per heavy atom. The normalized spacial score (nSPS) is 15.1. The lowest BCUT2D eigenvalue weighted by molar-refractivity contribution is -0.385. The average Bonchev–Trinajstić information content (AvgIpc) is 3.27. The molecule has 0 aliphatic heterocycles. The van der Waals surface area contributed by atoms with E-state index in [1.54, 1.807) is 0 Å². The van der Waals surface area contributed by atoms with E-state index in [1.807, 2.05) is 0 Å². The van der Waals surface area contributed by atoms with Gasteiger partial charge in [-0.15, -0.1) is 0 Å². The van der Waals surface area contributed by atoms with E-state index in [0.717, 1.165) is 18.9 Å². The number of nitrogens with zero attached hydrogens (tertiary/aromatic N) is 1. The Hall–Kier alpha value is -2.64. The predicted molar refractivity (Wildman–Crippen MR) is 71.3 cm³/mol. The van der Waals surface area contributed by atoms with Crippen molar-refractivity contribution in [1.29, 1.82) is 0 Å². The van der Waals surface area contributed by atoms with Crippen LogP contribution in [0.25, 0.3) is 0 Å². The molecule has 8 heteroatoms. The van der Waals surface area contributed by atoms with Gasteiger partial charge in [0.1, 0.15) is 6.04 Å². The van der Waals surface area contributed by atoms with Crippen LogP contribution in [0.1, 0.15) is 23.2 Å². The maximum Gasteiger partial charge on any atom is 0.326 e. The van der Waals surface area contributed by atoms with Crippen LogP contribution in [-0.2, 0) is 4.79 Å². The first-order valence-electron chi connectivity index (χ1n) is 6.30. The van der Waals surface area contributed by atoms with Crippen molar-refractivity contribution in [2.45, 2.75) is 18.9 Å². The van der Waals surface area contributed by atoms with Crippen LogP contribution in [0.5, 0.6) is 5.75 Å². The summed E-state index contributed by atoms with van der Waals surface area (Å²) in [7, 11) is 1.29. The summed E-state index contributed by atoms with van der Waals surface area (Å²) in [6.07, 6.45) is 1.50. The van der Waals surface area contributed by atoms with Gasteiger partial charge in [-0.05, 0) is 30.9 Å². The number of nitrogens with one attached hydrogen (secondary N) is 1. The van der Waals surface area contributed by atoms with Gasteiger partial charge in [0.2, 0.25) is 0 Å². The third-order valence-electron chi connectivity index (χ3n) is 3.28. The van der Waals surface area contributed by atoms with E-state index in [1.165, 1.54) is 19.2 Å². The number of carbonyl (C=O) groups is 2. The summed E-state index contributed by atoms with van der Waals surface area (Å²) in [6, 6.07) is 2.77. The molecule has 1 aliphatic carbocycles. The zero-order valence-corrected chi connectivity index (χ0v) is 11.2. The number of methoxy groups -OCH3 is 1. The zero-order valence-electron chi connectivity index (χ0n) is 11.2. The molecule has 2 rings (SSSR count). The fraction of sp³-hybridized carbons (Fsp3) is 0.385. The van der Waals surface area contributed by atoms with Crippen LogP contribution in [0.15, 0.2) is 18.2 Å². The van der Waals surface area contributed by atoms with Crippen LogP contribution < -0.4 is 10.1 Å². The number of hydrogen-bond donors (Lipinski definition) is 2. The molecule has 0 bridgehead atoms. The number of rotatable bonds is 6. The summed E-state index contributed by atoms with van der Waals surface area (Å²) in [5.41, 5.74) is -0.321. The SMILES string of the molecule is COc1ccc(C(=O)NC(C(=O)O)C2CC2)cc1[N+](=O)[O-]. The van der Waals surface area contributed by atoms with Gasteiger partial charge >= 0.3 is 11.7 Å². The first kappa shape index (κ1) is 14.8. The van der Waals surface area contributed by atoms with Crippen molar-refractivity contribution in [2.24, 2.45) is 5.92 Å². The van der Waals surface area contributed by atoms with E-state index in [-0.39, 0.29) is 22.9 Å². The van der Waals surface area contributed by atoms with E-state index < -0.39 is 22.8 Å². The lowest BCUT2D eigenvalue weighted by Crippen LogP contribution is -2.42. The van der Waals surface area contributed by atoms with Gasteiger partial charge in [0.05, 0.1) is 12.0 Å². The number of benzene rings is 1. The number of ether oxygens (including phenoxy) is 1. The molecule has 1 fully saturated rings. The molecule has 1 unspecified atom stereocenters. The summed E-state index contributed by atoms with van der Waals surface area (Å²) < 4.78 is 4.84. The number of nitro benzene ring substituents is 1. The highest BCUT2D eigenvalue weighted by Crippen LogP contribution is 2.33. The van der Waals surface area contributed by atoms with Crippen LogP contribution in [-0.4, -0.2) is 35.1 Å². The molecule has 0 radical (unpaired) electrons. The van der Waals surface area contributed by atoms with Crippen molar-refractivity contribution in [3.05, 3.63) is 33.9 Å². The Morgan fingerprint density at radius 3 is 2.62 bits per heavy atom. The highest BCUT2D eigenvalue weighted by Gasteiger charge is 2.37. The number of aliphatic carboxylic acids is 1. The van der Waals surface area contributed by atoms with E-state index in [4.69, 9.17) is 9.84 Å². The Bertz CT molecular complexity index is 596. The molecule has 1 atom stereocenters. The minimum atomic E-state index is -1.10. The van der Waals surface area contributed by atoms with E-state index in [0.29, 0.717) is 0 Å². The maximum atomic E-state index is 12.0. The van der Waals surface area contributed by atoms with Crippen molar-refractivity contribution in [3.8, 4) is 5.75 Å². The molecule has 1 aromatic rings. The topological polar surface area (TPSA) is 119 Å². The van der Waals surface area contributed by atoms with Gasteiger partial charge < -0.3 is 15.2 Å². The Morgan fingerprint density at radius 1 is 1.48 bits per heavy atom. The number of carboxylic acid groups (broad SMARTS) is 1. The van der Waals surface area contributed by atoms with E-state index in [2.05, 4.69) is 5.32 Å². The van der Waals surface area contributed by atoms with Gasteiger partial charge in [-0.3, -0.25) is 14.9 Å². The Labute approximate surface area is 119 Å². The molecule has 112 valence electrons. The van der Waals surface area contributed by atoms with Gasteiger partial charge in [0.25, 0.3) is 5.91 Å². The van der Waals surface area contributed by atoms with Crippen LogP contribution in [0.3, 0.4) is 0 Å². The second-order valence-electron chi connectivity index (χ2n) is 4.77. The quantitative estimate of drug-likeness (QED) is 0.601. The summed E-state index contributed by atoms with van der Waals surface area (Å²) in [6.45, 7) is 0. The summed E-state index contributed by atoms with van der Waals surface area (Å²) in [5, 5.41) is 22.4. The molecule has 2 N–H and O–H groups in total. The maximum absolute atomic E-state index is 12.0.